The smallest absolute Gasteiger partial charge is 0.0684 e. The van der Waals surface area contributed by atoms with Gasteiger partial charge < -0.3 is 5.73 Å². The van der Waals surface area contributed by atoms with Crippen LogP contribution in [0, 0.1) is 6.92 Å². The summed E-state index contributed by atoms with van der Waals surface area (Å²) in [5.41, 5.74) is 9.46. The molecule has 3 nitrogen and oxygen atoms in total. The van der Waals surface area contributed by atoms with Gasteiger partial charge in [-0.3, -0.25) is 5.10 Å². The van der Waals surface area contributed by atoms with Crippen LogP contribution in [-0.4, -0.2) is 16.7 Å². The van der Waals surface area contributed by atoms with Crippen molar-refractivity contribution in [1.82, 2.24) is 10.2 Å². The Morgan fingerprint density at radius 2 is 2.07 bits per heavy atom. The number of H-pyrrole nitrogens is 1. The highest BCUT2D eigenvalue weighted by atomic mass is 15.1. The molecule has 0 spiro atoms. The number of rotatable bonds is 3. The number of hydrogen-bond acceptors (Lipinski definition) is 2. The fraction of sp³-hybridized carbons (Fsp3) is 0.750. The van der Waals surface area contributed by atoms with Crippen LogP contribution in [0.15, 0.2) is 0 Å². The molecule has 1 heterocycles. The summed E-state index contributed by atoms with van der Waals surface area (Å²) in [7, 11) is 0. The first kappa shape index (κ1) is 10.7. The van der Waals surface area contributed by atoms with Gasteiger partial charge in [-0.25, -0.2) is 0 Å². The number of nitrogens with zero attached hydrogens (tertiary/aromatic N) is 1. The van der Waals surface area contributed by atoms with Gasteiger partial charge >= 0.3 is 0 Å². The topological polar surface area (TPSA) is 54.7 Å². The molecular weight excluding hydrogens is 186 g/mol. The third kappa shape index (κ3) is 2.23. The second-order valence-electron chi connectivity index (χ2n) is 4.59. The van der Waals surface area contributed by atoms with Crippen LogP contribution >= 0.6 is 0 Å². The lowest BCUT2D eigenvalue weighted by Gasteiger charge is -2.20. The van der Waals surface area contributed by atoms with E-state index >= 15 is 0 Å². The second kappa shape index (κ2) is 4.79. The lowest BCUT2D eigenvalue weighted by atomic mass is 9.85. The van der Waals surface area contributed by atoms with E-state index in [0.29, 0.717) is 12.5 Å². The Bertz CT molecular complexity index is 311. The summed E-state index contributed by atoms with van der Waals surface area (Å²) >= 11 is 0. The largest absolute Gasteiger partial charge is 0.330 e. The number of aromatic nitrogens is 2. The SMILES string of the molecule is Cc1c(C2CCCCC2)n[nH]c1CCN. The van der Waals surface area contributed by atoms with Crippen LogP contribution in [0.5, 0.6) is 0 Å². The van der Waals surface area contributed by atoms with Gasteiger partial charge in [-0.2, -0.15) is 5.10 Å². The molecule has 0 atom stereocenters. The molecule has 84 valence electrons. The van der Waals surface area contributed by atoms with Crippen molar-refractivity contribution in [3.63, 3.8) is 0 Å². The van der Waals surface area contributed by atoms with Gasteiger partial charge in [0.1, 0.15) is 0 Å². The molecule has 2 rings (SSSR count). The quantitative estimate of drug-likeness (QED) is 0.798. The molecule has 0 saturated heterocycles. The summed E-state index contributed by atoms with van der Waals surface area (Å²) in [6, 6.07) is 0. The van der Waals surface area contributed by atoms with Crippen LogP contribution in [0.2, 0.25) is 0 Å². The Morgan fingerprint density at radius 1 is 1.33 bits per heavy atom. The third-order valence-corrected chi connectivity index (χ3v) is 3.53. The van der Waals surface area contributed by atoms with Crippen LogP contribution in [0.1, 0.15) is 55.0 Å². The molecule has 3 heteroatoms. The van der Waals surface area contributed by atoms with E-state index in [1.54, 1.807) is 0 Å². The van der Waals surface area contributed by atoms with Gasteiger partial charge in [0.05, 0.1) is 5.69 Å². The Hall–Kier alpha value is -0.830. The fourth-order valence-corrected chi connectivity index (χ4v) is 2.61. The average molecular weight is 207 g/mol. The lowest BCUT2D eigenvalue weighted by Crippen LogP contribution is -2.07. The molecule has 3 N–H and O–H groups in total. The van der Waals surface area contributed by atoms with Crippen molar-refractivity contribution in [3.05, 3.63) is 17.0 Å². The van der Waals surface area contributed by atoms with Crippen molar-refractivity contribution < 1.29 is 0 Å². The number of nitrogens with two attached hydrogens (primary N) is 1. The monoisotopic (exact) mass is 207 g/mol. The van der Waals surface area contributed by atoms with E-state index in [2.05, 4.69) is 17.1 Å². The van der Waals surface area contributed by atoms with E-state index in [9.17, 15) is 0 Å². The molecule has 1 aliphatic rings. The van der Waals surface area contributed by atoms with Crippen LogP contribution < -0.4 is 5.73 Å². The molecule has 1 aromatic heterocycles. The maximum atomic E-state index is 5.57. The first-order chi connectivity index (χ1) is 7.33. The molecule has 0 aliphatic heterocycles. The van der Waals surface area contributed by atoms with Crippen molar-refractivity contribution >= 4 is 0 Å². The van der Waals surface area contributed by atoms with Crippen molar-refractivity contribution in [1.29, 1.82) is 0 Å². The zero-order valence-electron chi connectivity index (χ0n) is 9.55. The lowest BCUT2D eigenvalue weighted by molar-refractivity contribution is 0.435. The number of nitrogens with one attached hydrogen (secondary N) is 1. The second-order valence-corrected chi connectivity index (χ2v) is 4.59. The predicted molar refractivity (Wildman–Crippen MR) is 61.9 cm³/mol. The molecular formula is C12H21N3. The van der Waals surface area contributed by atoms with Crippen molar-refractivity contribution in [3.8, 4) is 0 Å². The Kier molecular flexibility index (Phi) is 3.41. The van der Waals surface area contributed by atoms with Gasteiger partial charge in [0.15, 0.2) is 0 Å². The van der Waals surface area contributed by atoms with E-state index in [4.69, 9.17) is 5.73 Å². The first-order valence-corrected chi connectivity index (χ1v) is 6.06. The van der Waals surface area contributed by atoms with Crippen LogP contribution in [0.4, 0.5) is 0 Å². The van der Waals surface area contributed by atoms with E-state index in [1.165, 1.54) is 49.1 Å². The zero-order chi connectivity index (χ0) is 10.7. The molecule has 15 heavy (non-hydrogen) atoms. The summed E-state index contributed by atoms with van der Waals surface area (Å²) in [6.45, 7) is 2.88. The normalized spacial score (nSPS) is 18.3. The van der Waals surface area contributed by atoms with Crippen LogP contribution in [0.3, 0.4) is 0 Å². The van der Waals surface area contributed by atoms with Gasteiger partial charge in [-0.1, -0.05) is 19.3 Å². The van der Waals surface area contributed by atoms with E-state index < -0.39 is 0 Å². The summed E-state index contributed by atoms with van der Waals surface area (Å²) in [4.78, 5) is 0. The highest BCUT2D eigenvalue weighted by Gasteiger charge is 2.20. The maximum absolute atomic E-state index is 5.57. The molecule has 0 amide bonds. The van der Waals surface area contributed by atoms with Crippen LogP contribution in [0.25, 0.3) is 0 Å². The standard InChI is InChI=1S/C12H21N3/c1-9-11(7-8-13)14-15-12(9)10-5-3-2-4-6-10/h10H,2-8,13H2,1H3,(H,14,15). The molecule has 1 fully saturated rings. The Balaban J connectivity index is 2.13. The molecule has 0 bridgehead atoms. The minimum Gasteiger partial charge on any atom is -0.330 e. The van der Waals surface area contributed by atoms with Gasteiger partial charge in [0.25, 0.3) is 0 Å². The van der Waals surface area contributed by atoms with Crippen molar-refractivity contribution in [2.24, 2.45) is 5.73 Å². The minimum atomic E-state index is 0.696. The third-order valence-electron chi connectivity index (χ3n) is 3.53. The summed E-state index contributed by atoms with van der Waals surface area (Å²) in [5, 5.41) is 7.62. The predicted octanol–water partition coefficient (Wildman–Crippen LogP) is 2.27. The Labute approximate surface area is 91.4 Å². The minimum absolute atomic E-state index is 0.696. The summed E-state index contributed by atoms with van der Waals surface area (Å²) < 4.78 is 0. The maximum Gasteiger partial charge on any atom is 0.0684 e. The van der Waals surface area contributed by atoms with E-state index in [-0.39, 0.29) is 0 Å². The molecule has 0 unspecified atom stereocenters. The summed E-state index contributed by atoms with van der Waals surface area (Å²) in [5.74, 6) is 0.696. The highest BCUT2D eigenvalue weighted by Crippen LogP contribution is 2.33. The fourth-order valence-electron chi connectivity index (χ4n) is 2.61. The van der Waals surface area contributed by atoms with Crippen molar-refractivity contribution in [2.45, 2.75) is 51.4 Å². The average Bonchev–Trinajstić information content (AvgIpc) is 2.63. The number of aromatic amines is 1. The van der Waals surface area contributed by atoms with Crippen LogP contribution in [-0.2, 0) is 6.42 Å². The first-order valence-electron chi connectivity index (χ1n) is 6.06. The molecule has 1 aliphatic carbocycles. The van der Waals surface area contributed by atoms with Gasteiger partial charge in [-0.15, -0.1) is 0 Å². The van der Waals surface area contributed by atoms with E-state index in [1.807, 2.05) is 0 Å². The molecule has 1 aromatic rings. The van der Waals surface area contributed by atoms with Crippen molar-refractivity contribution in [2.75, 3.05) is 6.54 Å². The molecule has 1 saturated carbocycles. The zero-order valence-corrected chi connectivity index (χ0v) is 9.55. The van der Waals surface area contributed by atoms with Gasteiger partial charge in [-0.05, 0) is 31.9 Å². The number of hydrogen-bond donors (Lipinski definition) is 2. The van der Waals surface area contributed by atoms with Gasteiger partial charge in [0, 0.05) is 18.0 Å². The Morgan fingerprint density at radius 3 is 2.73 bits per heavy atom. The molecule has 0 aromatic carbocycles. The van der Waals surface area contributed by atoms with Gasteiger partial charge in [0.2, 0.25) is 0 Å². The summed E-state index contributed by atoms with van der Waals surface area (Å²) in [6.07, 6.45) is 7.68. The van der Waals surface area contributed by atoms with E-state index in [0.717, 1.165) is 6.42 Å². The molecule has 0 radical (unpaired) electrons. The highest BCUT2D eigenvalue weighted by molar-refractivity contribution is 5.27.